The first-order valence-corrected chi connectivity index (χ1v) is 7.69. The Bertz CT molecular complexity index is 509. The van der Waals surface area contributed by atoms with Crippen LogP contribution >= 0.6 is 23.6 Å². The van der Waals surface area contributed by atoms with Crippen LogP contribution in [0.3, 0.4) is 0 Å². The van der Waals surface area contributed by atoms with E-state index < -0.39 is 15.3 Å². The molecule has 1 unspecified atom stereocenters. The fourth-order valence-corrected chi connectivity index (χ4v) is 3.33. The van der Waals surface area contributed by atoms with Gasteiger partial charge in [-0.2, -0.15) is 4.31 Å². The molecule has 1 atom stereocenters. The van der Waals surface area contributed by atoms with Gasteiger partial charge in [0.2, 0.25) is 10.0 Å². The first kappa shape index (κ1) is 14.5. The zero-order valence-electron chi connectivity index (χ0n) is 9.87. The van der Waals surface area contributed by atoms with Crippen LogP contribution in [0, 0.1) is 6.92 Å². The third-order valence-corrected chi connectivity index (χ3v) is 5.80. The van der Waals surface area contributed by atoms with Crippen molar-refractivity contribution >= 4 is 38.6 Å². The molecule has 8 heteroatoms. The molecule has 0 bridgehead atoms. The Kier molecular flexibility index (Phi) is 4.59. The minimum absolute atomic E-state index is 0.0219. The molecule has 1 aromatic heterocycles. The van der Waals surface area contributed by atoms with Crippen molar-refractivity contribution in [3.05, 3.63) is 16.1 Å². The first-order chi connectivity index (χ1) is 7.75. The second kappa shape index (κ2) is 5.38. The van der Waals surface area contributed by atoms with E-state index in [0.717, 1.165) is 10.7 Å². The largest absolute Gasteiger partial charge is 0.392 e. The Morgan fingerprint density at radius 3 is 2.71 bits per heavy atom. The molecule has 5 nitrogen and oxygen atoms in total. The second-order valence-corrected chi connectivity index (χ2v) is 7.60. The van der Waals surface area contributed by atoms with E-state index in [1.54, 1.807) is 0 Å². The van der Waals surface area contributed by atoms with Gasteiger partial charge < -0.3 is 5.73 Å². The predicted molar refractivity (Wildman–Crippen MR) is 73.5 cm³/mol. The van der Waals surface area contributed by atoms with Gasteiger partial charge in [-0.25, -0.2) is 13.4 Å². The van der Waals surface area contributed by atoms with Crippen molar-refractivity contribution in [3.8, 4) is 0 Å². The summed E-state index contributed by atoms with van der Waals surface area (Å²) < 4.78 is 25.3. The van der Waals surface area contributed by atoms with Gasteiger partial charge in [0, 0.05) is 12.4 Å². The smallest absolute Gasteiger partial charge is 0.223 e. The van der Waals surface area contributed by atoms with E-state index in [4.69, 9.17) is 18.0 Å². The molecule has 0 amide bonds. The number of hydrogen-bond donors (Lipinski definition) is 1. The number of aromatic nitrogens is 1. The highest BCUT2D eigenvalue weighted by Crippen LogP contribution is 2.14. The number of thiocarbonyl (C=S) groups is 1. The van der Waals surface area contributed by atoms with Gasteiger partial charge in [0.05, 0.1) is 22.2 Å². The Labute approximate surface area is 111 Å². The summed E-state index contributed by atoms with van der Waals surface area (Å²) in [6, 6.07) is 0. The van der Waals surface area contributed by atoms with Gasteiger partial charge in [-0.05, 0) is 13.8 Å². The average Bonchev–Trinajstić information content (AvgIpc) is 2.62. The van der Waals surface area contributed by atoms with Crippen LogP contribution in [0.4, 0.5) is 0 Å². The molecule has 96 valence electrons. The highest BCUT2D eigenvalue weighted by Gasteiger charge is 2.28. The molecule has 1 heterocycles. The Balaban J connectivity index is 2.83. The lowest BCUT2D eigenvalue weighted by atomic mass is 10.5. The zero-order valence-corrected chi connectivity index (χ0v) is 12.3. The third-order valence-electron chi connectivity index (χ3n) is 2.33. The lowest BCUT2D eigenvalue weighted by Crippen LogP contribution is -2.40. The van der Waals surface area contributed by atoms with Gasteiger partial charge in [-0.3, -0.25) is 0 Å². The summed E-state index contributed by atoms with van der Waals surface area (Å²) in [5.74, 6) is 0. The minimum Gasteiger partial charge on any atom is -0.392 e. The van der Waals surface area contributed by atoms with Crippen molar-refractivity contribution in [2.45, 2.75) is 25.6 Å². The Morgan fingerprint density at radius 2 is 2.29 bits per heavy atom. The van der Waals surface area contributed by atoms with Crippen molar-refractivity contribution in [3.63, 3.8) is 0 Å². The molecule has 17 heavy (non-hydrogen) atoms. The molecule has 0 aromatic carbocycles. The molecule has 0 saturated heterocycles. The van der Waals surface area contributed by atoms with Crippen LogP contribution in [0.15, 0.2) is 5.38 Å². The summed E-state index contributed by atoms with van der Waals surface area (Å²) in [5, 5.41) is 1.89. The van der Waals surface area contributed by atoms with Crippen LogP contribution in [0.5, 0.6) is 0 Å². The topological polar surface area (TPSA) is 76.3 Å². The molecule has 1 aromatic rings. The Hall–Kier alpha value is -0.570. The summed E-state index contributed by atoms with van der Waals surface area (Å²) in [6.07, 6.45) is 0. The van der Waals surface area contributed by atoms with E-state index in [0.29, 0.717) is 0 Å². The molecule has 0 fully saturated rings. The van der Waals surface area contributed by atoms with Crippen LogP contribution in [0.1, 0.15) is 17.6 Å². The van der Waals surface area contributed by atoms with Crippen LogP contribution in [-0.2, 0) is 16.6 Å². The number of sulfonamides is 1. The highest BCUT2D eigenvalue weighted by molar-refractivity contribution is 7.92. The Morgan fingerprint density at radius 1 is 1.71 bits per heavy atom. The molecule has 0 saturated carbocycles. The highest BCUT2D eigenvalue weighted by atomic mass is 32.2. The fourth-order valence-electron chi connectivity index (χ4n) is 1.22. The lowest BCUT2D eigenvalue weighted by molar-refractivity contribution is 0.460. The summed E-state index contributed by atoms with van der Waals surface area (Å²) in [6.45, 7) is 3.60. The van der Waals surface area contributed by atoms with Crippen LogP contribution in [-0.4, -0.2) is 35.0 Å². The van der Waals surface area contributed by atoms with Gasteiger partial charge in [0.25, 0.3) is 0 Å². The summed E-state index contributed by atoms with van der Waals surface area (Å²) in [7, 11) is -2.00. The van der Waals surface area contributed by atoms with E-state index in [9.17, 15) is 8.42 Å². The minimum atomic E-state index is -3.50. The molecule has 0 aliphatic rings. The molecule has 0 radical (unpaired) electrons. The van der Waals surface area contributed by atoms with Gasteiger partial charge in [0.1, 0.15) is 5.25 Å². The van der Waals surface area contributed by atoms with Crippen molar-refractivity contribution in [1.29, 1.82) is 0 Å². The summed E-state index contributed by atoms with van der Waals surface area (Å²) in [5.41, 5.74) is 6.10. The van der Waals surface area contributed by atoms with Crippen LogP contribution in [0.25, 0.3) is 0 Å². The normalized spacial score (nSPS) is 13.9. The summed E-state index contributed by atoms with van der Waals surface area (Å²) in [4.78, 5) is 4.19. The van der Waals surface area contributed by atoms with E-state index in [-0.39, 0.29) is 11.5 Å². The molecular weight excluding hydrogens is 278 g/mol. The molecule has 2 N–H and O–H groups in total. The van der Waals surface area contributed by atoms with Crippen molar-refractivity contribution < 1.29 is 8.42 Å². The summed E-state index contributed by atoms with van der Waals surface area (Å²) >= 11 is 6.20. The standard InChI is InChI=1S/C9H15N3O2S3/c1-6(9(10)15)17(13,14)12(3)4-8-5-16-7(2)11-8/h5-6H,4H2,1-3H3,(H2,10,15). The van der Waals surface area contributed by atoms with Gasteiger partial charge in [0.15, 0.2) is 0 Å². The number of thiazole rings is 1. The maximum absolute atomic E-state index is 12.0. The quantitative estimate of drug-likeness (QED) is 0.816. The lowest BCUT2D eigenvalue weighted by Gasteiger charge is -2.20. The van der Waals surface area contributed by atoms with Gasteiger partial charge in [-0.15, -0.1) is 11.3 Å². The molecule has 0 aliphatic heterocycles. The number of aryl methyl sites for hydroxylation is 1. The van der Waals surface area contributed by atoms with Crippen LogP contribution < -0.4 is 5.73 Å². The monoisotopic (exact) mass is 293 g/mol. The number of nitrogens with zero attached hydrogens (tertiary/aromatic N) is 2. The maximum atomic E-state index is 12.0. The third kappa shape index (κ3) is 3.44. The van der Waals surface area contributed by atoms with Gasteiger partial charge in [-0.1, -0.05) is 12.2 Å². The van der Waals surface area contributed by atoms with Crippen molar-refractivity contribution in [2.24, 2.45) is 5.73 Å². The molecule has 1 rings (SSSR count). The van der Waals surface area contributed by atoms with Crippen molar-refractivity contribution in [2.75, 3.05) is 7.05 Å². The average molecular weight is 293 g/mol. The van der Waals surface area contributed by atoms with E-state index in [1.165, 1.54) is 29.6 Å². The second-order valence-electron chi connectivity index (χ2n) is 3.70. The first-order valence-electron chi connectivity index (χ1n) is 4.90. The SMILES string of the molecule is Cc1nc(CN(C)S(=O)(=O)C(C)C(N)=S)cs1. The van der Waals surface area contributed by atoms with E-state index in [1.807, 2.05) is 12.3 Å². The maximum Gasteiger partial charge on any atom is 0.223 e. The molecular formula is C9H15N3O2S3. The van der Waals surface area contributed by atoms with Crippen molar-refractivity contribution in [1.82, 2.24) is 9.29 Å². The number of rotatable bonds is 5. The molecule has 0 aliphatic carbocycles. The number of nitrogens with two attached hydrogens (primary N) is 1. The molecule has 0 spiro atoms. The van der Waals surface area contributed by atoms with Gasteiger partial charge >= 0.3 is 0 Å². The predicted octanol–water partition coefficient (Wildman–Crippen LogP) is 0.888. The van der Waals surface area contributed by atoms with E-state index >= 15 is 0 Å². The van der Waals surface area contributed by atoms with Crippen LogP contribution in [0.2, 0.25) is 0 Å². The number of hydrogen-bond acceptors (Lipinski definition) is 5. The van der Waals surface area contributed by atoms with E-state index in [2.05, 4.69) is 4.98 Å². The fraction of sp³-hybridized carbons (Fsp3) is 0.556. The zero-order chi connectivity index (χ0) is 13.2.